The lowest BCUT2D eigenvalue weighted by atomic mass is 10.0. The lowest BCUT2D eigenvalue weighted by molar-refractivity contribution is -0.0234. The first-order valence-corrected chi connectivity index (χ1v) is 5.11. The number of hydrogen-bond donors (Lipinski definition) is 2. The van der Waals surface area contributed by atoms with E-state index in [0.29, 0.717) is 12.1 Å². The predicted octanol–water partition coefficient (Wildman–Crippen LogP) is 1.29. The van der Waals surface area contributed by atoms with Crippen molar-refractivity contribution in [2.75, 3.05) is 6.61 Å². The van der Waals surface area contributed by atoms with E-state index in [1.165, 1.54) is 0 Å². The first-order chi connectivity index (χ1) is 8.02. The molecule has 0 aliphatic carbocycles. The number of aliphatic hydroxyl groups excluding tert-OH is 2. The van der Waals surface area contributed by atoms with Gasteiger partial charge in [-0.25, -0.2) is 13.2 Å². The fraction of sp³-hybridized carbons (Fsp3) is 0.455. The number of halogens is 3. The van der Waals surface area contributed by atoms with E-state index in [0.717, 1.165) is 0 Å². The second-order valence-electron chi connectivity index (χ2n) is 3.94. The number of benzene rings is 1. The highest BCUT2D eigenvalue weighted by atomic mass is 19.2. The molecular formula is C11H11F3O3. The summed E-state index contributed by atoms with van der Waals surface area (Å²) in [6.45, 7) is -0.414. The summed E-state index contributed by atoms with van der Waals surface area (Å²) < 4.78 is 44.3. The molecule has 0 radical (unpaired) electrons. The van der Waals surface area contributed by atoms with E-state index >= 15 is 0 Å². The molecule has 0 aromatic heterocycles. The Kier molecular flexibility index (Phi) is 3.37. The minimum Gasteiger partial charge on any atom is -0.394 e. The van der Waals surface area contributed by atoms with Crippen molar-refractivity contribution in [3.05, 3.63) is 35.1 Å². The second kappa shape index (κ2) is 4.64. The standard InChI is InChI=1S/C11H11F3O3/c12-6-2-8(14)7(13)1-5(6)10-3-9(16)11(4-15)17-10/h1-2,9-11,15-16H,3-4H2/t9-,10+,11+/m0/s1. The molecule has 3 atom stereocenters. The van der Waals surface area contributed by atoms with Crippen LogP contribution in [0.15, 0.2) is 12.1 Å². The molecule has 2 rings (SSSR count). The van der Waals surface area contributed by atoms with Crippen LogP contribution in [0.25, 0.3) is 0 Å². The zero-order chi connectivity index (χ0) is 12.6. The van der Waals surface area contributed by atoms with Gasteiger partial charge in [0.05, 0.1) is 18.8 Å². The molecule has 1 aliphatic rings. The average Bonchev–Trinajstić information content (AvgIpc) is 2.65. The molecule has 0 amide bonds. The Morgan fingerprint density at radius 1 is 1.18 bits per heavy atom. The molecule has 2 N–H and O–H groups in total. The molecule has 1 heterocycles. The number of hydrogen-bond acceptors (Lipinski definition) is 3. The first kappa shape index (κ1) is 12.3. The van der Waals surface area contributed by atoms with Gasteiger partial charge in [-0.1, -0.05) is 0 Å². The van der Waals surface area contributed by atoms with Gasteiger partial charge in [-0.2, -0.15) is 0 Å². The Morgan fingerprint density at radius 2 is 1.82 bits per heavy atom. The van der Waals surface area contributed by atoms with Crippen LogP contribution in [0.2, 0.25) is 0 Å². The zero-order valence-corrected chi connectivity index (χ0v) is 8.74. The van der Waals surface area contributed by atoms with E-state index in [4.69, 9.17) is 9.84 Å². The summed E-state index contributed by atoms with van der Waals surface area (Å²) in [6, 6.07) is 1.15. The highest BCUT2D eigenvalue weighted by molar-refractivity contribution is 5.23. The van der Waals surface area contributed by atoms with Crippen LogP contribution < -0.4 is 0 Å². The number of rotatable bonds is 2. The Bertz CT molecular complexity index is 425. The van der Waals surface area contributed by atoms with Crippen molar-refractivity contribution in [2.24, 2.45) is 0 Å². The maximum absolute atomic E-state index is 13.4. The number of ether oxygens (including phenoxy) is 1. The number of aliphatic hydroxyl groups is 2. The normalized spacial score (nSPS) is 28.6. The molecule has 6 heteroatoms. The van der Waals surface area contributed by atoms with Crippen LogP contribution in [0.5, 0.6) is 0 Å². The fourth-order valence-electron chi connectivity index (χ4n) is 1.88. The van der Waals surface area contributed by atoms with Gasteiger partial charge in [-0.05, 0) is 6.07 Å². The lowest BCUT2D eigenvalue weighted by Crippen LogP contribution is -2.24. The molecule has 1 fully saturated rings. The Morgan fingerprint density at radius 3 is 2.41 bits per heavy atom. The average molecular weight is 248 g/mol. The quantitative estimate of drug-likeness (QED) is 0.775. The Balaban J connectivity index is 2.27. The van der Waals surface area contributed by atoms with E-state index in [-0.39, 0.29) is 12.0 Å². The molecule has 17 heavy (non-hydrogen) atoms. The molecule has 0 saturated carbocycles. The molecule has 1 saturated heterocycles. The molecule has 94 valence electrons. The fourth-order valence-corrected chi connectivity index (χ4v) is 1.88. The van der Waals surface area contributed by atoms with Crippen molar-refractivity contribution in [3.63, 3.8) is 0 Å². The second-order valence-corrected chi connectivity index (χ2v) is 3.94. The summed E-state index contributed by atoms with van der Waals surface area (Å²) in [5, 5.41) is 18.3. The van der Waals surface area contributed by atoms with E-state index in [1.54, 1.807) is 0 Å². The lowest BCUT2D eigenvalue weighted by Gasteiger charge is -2.13. The Hall–Kier alpha value is -1.11. The molecule has 3 nitrogen and oxygen atoms in total. The van der Waals surface area contributed by atoms with Crippen LogP contribution in [0.4, 0.5) is 13.2 Å². The van der Waals surface area contributed by atoms with Crippen LogP contribution in [0.1, 0.15) is 18.1 Å². The van der Waals surface area contributed by atoms with Gasteiger partial charge in [0.2, 0.25) is 0 Å². The third kappa shape index (κ3) is 2.29. The van der Waals surface area contributed by atoms with Crippen LogP contribution >= 0.6 is 0 Å². The summed E-state index contributed by atoms with van der Waals surface area (Å²) in [4.78, 5) is 0. The van der Waals surface area contributed by atoms with Crippen molar-refractivity contribution in [2.45, 2.75) is 24.7 Å². The van der Waals surface area contributed by atoms with Crippen molar-refractivity contribution >= 4 is 0 Å². The van der Waals surface area contributed by atoms with Crippen molar-refractivity contribution < 1.29 is 28.1 Å². The first-order valence-electron chi connectivity index (χ1n) is 5.11. The van der Waals surface area contributed by atoms with E-state index in [1.807, 2.05) is 0 Å². The SMILES string of the molecule is OC[C@H]1O[C@@H](c2cc(F)c(F)cc2F)C[C@@H]1O. The minimum absolute atomic E-state index is 0.0349. The van der Waals surface area contributed by atoms with Crippen LogP contribution in [0.3, 0.4) is 0 Å². The van der Waals surface area contributed by atoms with Crippen molar-refractivity contribution in [3.8, 4) is 0 Å². The molecule has 1 aromatic rings. The summed E-state index contributed by atoms with van der Waals surface area (Å²) in [6.07, 6.45) is -2.62. The molecule has 0 unspecified atom stereocenters. The van der Waals surface area contributed by atoms with Gasteiger partial charge in [0.1, 0.15) is 11.9 Å². The van der Waals surface area contributed by atoms with Crippen LogP contribution in [-0.4, -0.2) is 29.0 Å². The summed E-state index contributed by atoms with van der Waals surface area (Å²) in [5.74, 6) is -3.38. The van der Waals surface area contributed by atoms with Gasteiger partial charge in [0.25, 0.3) is 0 Å². The van der Waals surface area contributed by atoms with E-state index in [2.05, 4.69) is 0 Å². The van der Waals surface area contributed by atoms with Gasteiger partial charge in [-0.15, -0.1) is 0 Å². The highest BCUT2D eigenvalue weighted by Crippen LogP contribution is 2.34. The summed E-state index contributed by atoms with van der Waals surface area (Å²) in [5.41, 5.74) is -0.154. The van der Waals surface area contributed by atoms with E-state index in [9.17, 15) is 18.3 Å². The Labute approximate surface area is 95.4 Å². The maximum atomic E-state index is 13.4. The minimum atomic E-state index is -1.27. The smallest absolute Gasteiger partial charge is 0.161 e. The van der Waals surface area contributed by atoms with Gasteiger partial charge in [0, 0.05) is 18.1 Å². The van der Waals surface area contributed by atoms with Crippen molar-refractivity contribution in [1.82, 2.24) is 0 Å². The predicted molar refractivity (Wildman–Crippen MR) is 51.6 cm³/mol. The van der Waals surface area contributed by atoms with Gasteiger partial charge < -0.3 is 14.9 Å². The molecule has 1 aliphatic heterocycles. The highest BCUT2D eigenvalue weighted by Gasteiger charge is 2.35. The van der Waals surface area contributed by atoms with Crippen LogP contribution in [0, 0.1) is 17.5 Å². The zero-order valence-electron chi connectivity index (χ0n) is 8.74. The molecule has 0 bridgehead atoms. The molecule has 1 aromatic carbocycles. The monoisotopic (exact) mass is 248 g/mol. The topological polar surface area (TPSA) is 49.7 Å². The largest absolute Gasteiger partial charge is 0.394 e. The summed E-state index contributed by atoms with van der Waals surface area (Å²) >= 11 is 0. The van der Waals surface area contributed by atoms with Gasteiger partial charge in [-0.3, -0.25) is 0 Å². The van der Waals surface area contributed by atoms with Crippen molar-refractivity contribution in [1.29, 1.82) is 0 Å². The molecular weight excluding hydrogens is 237 g/mol. The third-order valence-corrected chi connectivity index (χ3v) is 2.79. The summed E-state index contributed by atoms with van der Waals surface area (Å²) in [7, 11) is 0. The third-order valence-electron chi connectivity index (χ3n) is 2.79. The van der Waals surface area contributed by atoms with E-state index < -0.39 is 42.4 Å². The molecule has 0 spiro atoms. The maximum Gasteiger partial charge on any atom is 0.161 e. The van der Waals surface area contributed by atoms with Crippen LogP contribution in [-0.2, 0) is 4.74 Å². The van der Waals surface area contributed by atoms with Gasteiger partial charge >= 0.3 is 0 Å². The van der Waals surface area contributed by atoms with Gasteiger partial charge in [0.15, 0.2) is 11.6 Å².